The molecule has 1 N–H and O–H groups in total. The Bertz CT molecular complexity index is 680. The van der Waals surface area contributed by atoms with Gasteiger partial charge in [0.15, 0.2) is 0 Å². The molecular formula is C16H18N2O2S. The summed E-state index contributed by atoms with van der Waals surface area (Å²) in [6, 6.07) is 7.94. The first-order valence-corrected chi connectivity index (χ1v) is 8.03. The molecule has 1 aromatic heterocycles. The number of carbonyl (C=O) groups is 2. The minimum atomic E-state index is -0.0197. The maximum atomic E-state index is 12.3. The third-order valence-electron chi connectivity index (χ3n) is 4.01. The van der Waals surface area contributed by atoms with Crippen LogP contribution in [0, 0.1) is 5.92 Å². The van der Waals surface area contributed by atoms with Gasteiger partial charge in [-0.1, -0.05) is 18.2 Å². The monoisotopic (exact) mass is 302 g/mol. The lowest BCUT2D eigenvalue weighted by atomic mass is 10.1. The molecule has 2 aromatic rings. The molecule has 2 heterocycles. The van der Waals surface area contributed by atoms with Crippen LogP contribution in [0.5, 0.6) is 0 Å². The second-order valence-corrected chi connectivity index (χ2v) is 6.39. The van der Waals surface area contributed by atoms with Crippen molar-refractivity contribution in [2.75, 3.05) is 19.6 Å². The molecule has 1 atom stereocenters. The number of likely N-dealkylation sites (tertiary alicyclic amines) is 1. The van der Waals surface area contributed by atoms with E-state index in [1.54, 1.807) is 18.3 Å². The van der Waals surface area contributed by atoms with E-state index in [1.807, 2.05) is 34.5 Å². The molecule has 110 valence electrons. The van der Waals surface area contributed by atoms with E-state index in [2.05, 4.69) is 5.32 Å². The zero-order valence-electron chi connectivity index (χ0n) is 12.0. The predicted molar refractivity (Wildman–Crippen MR) is 84.5 cm³/mol. The molecule has 4 nitrogen and oxygen atoms in total. The van der Waals surface area contributed by atoms with Crippen molar-refractivity contribution < 1.29 is 9.59 Å². The van der Waals surface area contributed by atoms with Crippen LogP contribution < -0.4 is 5.32 Å². The summed E-state index contributed by atoms with van der Waals surface area (Å²) in [7, 11) is 0. The van der Waals surface area contributed by atoms with E-state index in [-0.39, 0.29) is 11.8 Å². The Hall–Kier alpha value is -1.88. The van der Waals surface area contributed by atoms with Crippen LogP contribution in [0.4, 0.5) is 0 Å². The van der Waals surface area contributed by atoms with Crippen molar-refractivity contribution >= 4 is 33.2 Å². The van der Waals surface area contributed by atoms with Gasteiger partial charge in [0.2, 0.25) is 5.91 Å². The summed E-state index contributed by atoms with van der Waals surface area (Å²) in [5.74, 6) is 0.462. The molecule has 1 aliphatic rings. The largest absolute Gasteiger partial charge is 0.352 e. The predicted octanol–water partition coefficient (Wildman–Crippen LogP) is 2.50. The molecule has 1 saturated heterocycles. The molecule has 21 heavy (non-hydrogen) atoms. The van der Waals surface area contributed by atoms with Crippen LogP contribution in [-0.4, -0.2) is 36.3 Å². The molecule has 1 unspecified atom stereocenters. The number of amides is 2. The summed E-state index contributed by atoms with van der Waals surface area (Å²) in [4.78, 5) is 25.5. The van der Waals surface area contributed by atoms with E-state index in [4.69, 9.17) is 0 Å². The number of thiophene rings is 1. The zero-order valence-corrected chi connectivity index (χ0v) is 12.8. The molecule has 1 fully saturated rings. The lowest BCUT2D eigenvalue weighted by Gasteiger charge is -2.14. The fourth-order valence-electron chi connectivity index (χ4n) is 2.77. The third-order valence-corrected chi connectivity index (χ3v) is 4.97. The first-order chi connectivity index (χ1) is 10.1. The van der Waals surface area contributed by atoms with Gasteiger partial charge in [-0.05, 0) is 18.4 Å². The Balaban J connectivity index is 1.61. The Morgan fingerprint density at radius 1 is 1.38 bits per heavy atom. The summed E-state index contributed by atoms with van der Waals surface area (Å²) >= 11 is 1.59. The van der Waals surface area contributed by atoms with E-state index in [0.717, 1.165) is 35.2 Å². The highest BCUT2D eigenvalue weighted by Gasteiger charge is 2.24. The van der Waals surface area contributed by atoms with E-state index < -0.39 is 0 Å². The molecule has 0 spiro atoms. The first-order valence-electron chi connectivity index (χ1n) is 7.15. The fraction of sp³-hybridized carbons (Fsp3) is 0.375. The molecule has 1 aliphatic heterocycles. The molecule has 5 heteroatoms. The summed E-state index contributed by atoms with van der Waals surface area (Å²) < 4.78 is 1.13. The SMILES string of the molecule is CC(=O)N1CCC(CNC(=O)c2csc3ccccc23)C1. The van der Waals surface area contributed by atoms with E-state index in [0.29, 0.717) is 12.5 Å². The van der Waals surface area contributed by atoms with Gasteiger partial charge in [0.25, 0.3) is 5.91 Å². The lowest BCUT2D eigenvalue weighted by molar-refractivity contribution is -0.127. The Morgan fingerprint density at radius 2 is 2.19 bits per heavy atom. The molecule has 2 amide bonds. The van der Waals surface area contributed by atoms with Gasteiger partial charge >= 0.3 is 0 Å². The van der Waals surface area contributed by atoms with Gasteiger partial charge in [-0.3, -0.25) is 9.59 Å². The van der Waals surface area contributed by atoms with Crippen molar-refractivity contribution in [1.29, 1.82) is 0 Å². The van der Waals surface area contributed by atoms with Gasteiger partial charge in [-0.2, -0.15) is 0 Å². The molecular weight excluding hydrogens is 284 g/mol. The van der Waals surface area contributed by atoms with Crippen LogP contribution in [0.3, 0.4) is 0 Å². The van der Waals surface area contributed by atoms with Crippen LogP contribution in [0.1, 0.15) is 23.7 Å². The summed E-state index contributed by atoms with van der Waals surface area (Å²) in [5, 5.41) is 5.93. The highest BCUT2D eigenvalue weighted by molar-refractivity contribution is 7.17. The van der Waals surface area contributed by atoms with Crippen molar-refractivity contribution in [3.63, 3.8) is 0 Å². The number of fused-ring (bicyclic) bond motifs is 1. The third kappa shape index (κ3) is 2.93. The van der Waals surface area contributed by atoms with Crippen LogP contribution in [0.25, 0.3) is 10.1 Å². The summed E-state index contributed by atoms with van der Waals surface area (Å²) in [6.45, 7) is 3.78. The molecule has 0 radical (unpaired) electrons. The van der Waals surface area contributed by atoms with Crippen molar-refractivity contribution in [2.45, 2.75) is 13.3 Å². The fourth-order valence-corrected chi connectivity index (χ4v) is 3.71. The maximum Gasteiger partial charge on any atom is 0.252 e. The van der Waals surface area contributed by atoms with Crippen LogP contribution in [0.2, 0.25) is 0 Å². The molecule has 0 aliphatic carbocycles. The molecule has 0 bridgehead atoms. The Kier molecular flexibility index (Phi) is 3.92. The van der Waals surface area contributed by atoms with E-state index >= 15 is 0 Å². The van der Waals surface area contributed by atoms with Crippen molar-refractivity contribution in [3.05, 3.63) is 35.2 Å². The highest BCUT2D eigenvalue weighted by Crippen LogP contribution is 2.25. The van der Waals surface area contributed by atoms with Gasteiger partial charge < -0.3 is 10.2 Å². The topological polar surface area (TPSA) is 49.4 Å². The smallest absolute Gasteiger partial charge is 0.252 e. The normalized spacial score (nSPS) is 18.1. The molecule has 0 saturated carbocycles. The number of nitrogens with one attached hydrogen (secondary N) is 1. The average Bonchev–Trinajstić information content (AvgIpc) is 3.11. The van der Waals surface area contributed by atoms with Gasteiger partial charge in [0.1, 0.15) is 0 Å². The minimum absolute atomic E-state index is 0.0197. The number of rotatable bonds is 3. The molecule has 1 aromatic carbocycles. The average molecular weight is 302 g/mol. The highest BCUT2D eigenvalue weighted by atomic mass is 32.1. The quantitative estimate of drug-likeness (QED) is 0.947. The van der Waals surface area contributed by atoms with Gasteiger partial charge in [0.05, 0.1) is 5.56 Å². The van der Waals surface area contributed by atoms with E-state index in [1.165, 1.54) is 0 Å². The number of carbonyl (C=O) groups excluding carboxylic acids is 2. The first kappa shape index (κ1) is 14.1. The second kappa shape index (κ2) is 5.85. The van der Waals surface area contributed by atoms with Crippen LogP contribution in [-0.2, 0) is 4.79 Å². The van der Waals surface area contributed by atoms with Gasteiger partial charge in [-0.15, -0.1) is 11.3 Å². The van der Waals surface area contributed by atoms with E-state index in [9.17, 15) is 9.59 Å². The maximum absolute atomic E-state index is 12.3. The number of hydrogen-bond acceptors (Lipinski definition) is 3. The van der Waals surface area contributed by atoms with Gasteiger partial charge in [-0.25, -0.2) is 0 Å². The Labute approximate surface area is 127 Å². The zero-order chi connectivity index (χ0) is 14.8. The summed E-state index contributed by atoms with van der Waals surface area (Å²) in [5.41, 5.74) is 0.747. The number of nitrogens with zero attached hydrogens (tertiary/aromatic N) is 1. The second-order valence-electron chi connectivity index (χ2n) is 5.48. The number of benzene rings is 1. The van der Waals surface area contributed by atoms with Crippen molar-refractivity contribution in [1.82, 2.24) is 10.2 Å². The van der Waals surface area contributed by atoms with Crippen molar-refractivity contribution in [2.24, 2.45) is 5.92 Å². The van der Waals surface area contributed by atoms with Gasteiger partial charge in [0, 0.05) is 42.0 Å². The van der Waals surface area contributed by atoms with Crippen LogP contribution in [0.15, 0.2) is 29.6 Å². The number of hydrogen-bond donors (Lipinski definition) is 1. The van der Waals surface area contributed by atoms with Crippen LogP contribution >= 0.6 is 11.3 Å². The summed E-state index contributed by atoms with van der Waals surface area (Å²) in [6.07, 6.45) is 0.963. The lowest BCUT2D eigenvalue weighted by Crippen LogP contribution is -2.32. The van der Waals surface area contributed by atoms with Crippen molar-refractivity contribution in [3.8, 4) is 0 Å². The Morgan fingerprint density at radius 3 is 2.95 bits per heavy atom. The molecule has 3 rings (SSSR count). The standard InChI is InChI=1S/C16H18N2O2S/c1-11(19)18-7-6-12(9-18)8-17-16(20)14-10-21-15-5-3-2-4-13(14)15/h2-5,10,12H,6-9H2,1H3,(H,17,20). The minimum Gasteiger partial charge on any atom is -0.352 e.